The molecule has 2 rings (SSSR count). The van der Waals surface area contributed by atoms with Crippen molar-refractivity contribution in [3.8, 4) is 0 Å². The Morgan fingerprint density at radius 2 is 1.74 bits per heavy atom. The Morgan fingerprint density at radius 1 is 1.16 bits per heavy atom. The zero-order valence-electron chi connectivity index (χ0n) is 12.9. The van der Waals surface area contributed by atoms with E-state index in [0.29, 0.717) is 11.3 Å². The highest BCUT2D eigenvalue weighted by Gasteiger charge is 2.33. The number of halogens is 1. The summed E-state index contributed by atoms with van der Waals surface area (Å²) in [6.45, 7) is 11.5. The fourth-order valence-corrected chi connectivity index (χ4v) is 4.97. The molecule has 2 heteroatoms. The van der Waals surface area contributed by atoms with Gasteiger partial charge in [-0.2, -0.15) is 0 Å². The minimum absolute atomic E-state index is 0.228. The molecule has 0 nitrogen and oxygen atoms in total. The Morgan fingerprint density at radius 3 is 2.16 bits per heavy atom. The molecule has 1 saturated carbocycles. The Balaban J connectivity index is 2.00. The van der Waals surface area contributed by atoms with Gasteiger partial charge in [0.15, 0.2) is 0 Å². The van der Waals surface area contributed by atoms with Gasteiger partial charge < -0.3 is 0 Å². The van der Waals surface area contributed by atoms with E-state index in [1.165, 1.54) is 41.0 Å². The second kappa shape index (κ2) is 5.77. The lowest BCUT2D eigenvalue weighted by molar-refractivity contribution is 0.148. The normalized spacial score (nSPS) is 26.4. The predicted molar refractivity (Wildman–Crippen MR) is 87.3 cm³/mol. The second-order valence-corrected chi connectivity index (χ2v) is 9.18. The molecule has 1 aromatic rings. The van der Waals surface area contributed by atoms with E-state index in [2.05, 4.69) is 40.7 Å². The average molecular weight is 299 g/mol. The summed E-state index contributed by atoms with van der Waals surface area (Å²) in [5.41, 5.74) is 1.85. The van der Waals surface area contributed by atoms with Gasteiger partial charge in [-0.25, -0.2) is 0 Å². The summed E-state index contributed by atoms with van der Waals surface area (Å²) in [5, 5.41) is 0.228. The van der Waals surface area contributed by atoms with Crippen LogP contribution in [0, 0.1) is 31.1 Å². The van der Waals surface area contributed by atoms with Crippen LogP contribution in [0.3, 0.4) is 0 Å². The summed E-state index contributed by atoms with van der Waals surface area (Å²) in [6, 6.07) is 2.30. The molecule has 1 aliphatic rings. The zero-order chi connectivity index (χ0) is 14.2. The minimum Gasteiger partial charge on any atom is -0.146 e. The fraction of sp³-hybridized carbons (Fsp3) is 0.765. The first-order chi connectivity index (χ1) is 8.79. The fourth-order valence-electron chi connectivity index (χ4n) is 3.46. The van der Waals surface area contributed by atoms with E-state index in [1.807, 2.05) is 11.3 Å². The Kier molecular flexibility index (Phi) is 4.67. The Bertz CT molecular complexity index is 419. The quantitative estimate of drug-likeness (QED) is 0.547. The van der Waals surface area contributed by atoms with Crippen molar-refractivity contribution in [1.29, 1.82) is 0 Å². The van der Waals surface area contributed by atoms with Crippen LogP contribution in [0.4, 0.5) is 0 Å². The van der Waals surface area contributed by atoms with Crippen LogP contribution in [0.2, 0.25) is 0 Å². The van der Waals surface area contributed by atoms with E-state index in [9.17, 15) is 0 Å². The summed E-state index contributed by atoms with van der Waals surface area (Å²) in [6.07, 6.45) is 5.29. The van der Waals surface area contributed by atoms with Gasteiger partial charge in [-0.3, -0.25) is 0 Å². The van der Waals surface area contributed by atoms with Crippen molar-refractivity contribution in [2.24, 2.45) is 17.3 Å². The number of rotatable bonds is 2. The molecule has 108 valence electrons. The lowest BCUT2D eigenvalue weighted by Gasteiger charge is -2.38. The van der Waals surface area contributed by atoms with Gasteiger partial charge in [0.05, 0.1) is 5.38 Å². The van der Waals surface area contributed by atoms with E-state index in [-0.39, 0.29) is 5.38 Å². The average Bonchev–Trinajstić information content (AvgIpc) is 2.66. The van der Waals surface area contributed by atoms with Gasteiger partial charge in [0.25, 0.3) is 0 Å². The molecule has 1 heterocycles. The van der Waals surface area contributed by atoms with Crippen LogP contribution in [0.25, 0.3) is 0 Å². The summed E-state index contributed by atoms with van der Waals surface area (Å²) < 4.78 is 0. The molecule has 1 fully saturated rings. The number of hydrogen-bond acceptors (Lipinski definition) is 1. The van der Waals surface area contributed by atoms with E-state index >= 15 is 0 Å². The Hall–Kier alpha value is -0.0100. The van der Waals surface area contributed by atoms with Crippen molar-refractivity contribution in [3.05, 3.63) is 21.4 Å². The molecule has 0 spiro atoms. The van der Waals surface area contributed by atoms with Crippen LogP contribution < -0.4 is 0 Å². The van der Waals surface area contributed by atoms with Gasteiger partial charge in [0.1, 0.15) is 0 Å². The first-order valence-electron chi connectivity index (χ1n) is 7.50. The highest BCUT2D eigenvalue weighted by molar-refractivity contribution is 7.12. The zero-order valence-corrected chi connectivity index (χ0v) is 14.5. The van der Waals surface area contributed by atoms with Crippen molar-refractivity contribution in [2.75, 3.05) is 0 Å². The lowest BCUT2D eigenvalue weighted by Crippen LogP contribution is -2.27. The first-order valence-corrected chi connectivity index (χ1v) is 8.75. The third kappa shape index (κ3) is 3.55. The standard InChI is InChI=1S/C17H27ClS/c1-11-10-15(12(2)19-11)16(18)13-6-8-14(9-7-13)17(3,4)5/h10,13-14,16H,6-9H2,1-5H3. The molecule has 1 aromatic heterocycles. The van der Waals surface area contributed by atoms with E-state index in [4.69, 9.17) is 11.6 Å². The number of hydrogen-bond donors (Lipinski definition) is 0. The van der Waals surface area contributed by atoms with E-state index in [1.54, 1.807) is 0 Å². The molecule has 0 bridgehead atoms. The molecular weight excluding hydrogens is 272 g/mol. The topological polar surface area (TPSA) is 0 Å². The highest BCUT2D eigenvalue weighted by Crippen LogP contribution is 2.46. The monoisotopic (exact) mass is 298 g/mol. The smallest absolute Gasteiger partial charge is 0.0624 e. The summed E-state index contributed by atoms with van der Waals surface area (Å²) in [5.74, 6) is 1.55. The van der Waals surface area contributed by atoms with Crippen molar-refractivity contribution in [3.63, 3.8) is 0 Å². The number of thiophene rings is 1. The third-order valence-electron chi connectivity index (χ3n) is 4.79. The minimum atomic E-state index is 0.228. The van der Waals surface area contributed by atoms with Crippen molar-refractivity contribution in [1.82, 2.24) is 0 Å². The van der Waals surface area contributed by atoms with E-state index < -0.39 is 0 Å². The van der Waals surface area contributed by atoms with Gasteiger partial charge in [-0.15, -0.1) is 22.9 Å². The molecular formula is C17H27ClS. The first kappa shape index (κ1) is 15.4. The highest BCUT2D eigenvalue weighted by atomic mass is 35.5. The van der Waals surface area contributed by atoms with Crippen LogP contribution in [0.1, 0.15) is 67.1 Å². The van der Waals surface area contributed by atoms with Gasteiger partial charge in [0, 0.05) is 9.75 Å². The van der Waals surface area contributed by atoms with Crippen molar-refractivity contribution >= 4 is 22.9 Å². The molecule has 0 radical (unpaired) electrons. The Labute approximate surface area is 127 Å². The third-order valence-corrected chi connectivity index (χ3v) is 6.36. The maximum atomic E-state index is 6.77. The van der Waals surface area contributed by atoms with Crippen molar-refractivity contribution in [2.45, 2.75) is 65.7 Å². The molecule has 0 N–H and O–H groups in total. The molecule has 0 saturated heterocycles. The van der Waals surface area contributed by atoms with Crippen LogP contribution in [-0.2, 0) is 0 Å². The maximum absolute atomic E-state index is 6.77. The molecule has 1 unspecified atom stereocenters. The number of aryl methyl sites for hydroxylation is 2. The molecule has 19 heavy (non-hydrogen) atoms. The van der Waals surface area contributed by atoms with Gasteiger partial charge in [0.2, 0.25) is 0 Å². The van der Waals surface area contributed by atoms with Gasteiger partial charge in [-0.1, -0.05) is 20.8 Å². The summed E-state index contributed by atoms with van der Waals surface area (Å²) >= 11 is 8.65. The van der Waals surface area contributed by atoms with Crippen LogP contribution in [0.5, 0.6) is 0 Å². The van der Waals surface area contributed by atoms with Gasteiger partial charge in [-0.05, 0) is 68.4 Å². The van der Waals surface area contributed by atoms with Gasteiger partial charge >= 0.3 is 0 Å². The molecule has 0 aromatic carbocycles. The molecule has 1 atom stereocenters. The van der Waals surface area contributed by atoms with Crippen LogP contribution in [-0.4, -0.2) is 0 Å². The summed E-state index contributed by atoms with van der Waals surface area (Å²) in [4.78, 5) is 2.80. The lowest BCUT2D eigenvalue weighted by atomic mass is 9.69. The predicted octanol–water partition coefficient (Wildman–Crippen LogP) is 6.50. The maximum Gasteiger partial charge on any atom is 0.0624 e. The molecule has 0 amide bonds. The molecule has 1 aliphatic carbocycles. The van der Waals surface area contributed by atoms with Crippen LogP contribution in [0.15, 0.2) is 6.07 Å². The summed E-state index contributed by atoms with van der Waals surface area (Å²) in [7, 11) is 0. The molecule has 0 aliphatic heterocycles. The number of alkyl halides is 1. The van der Waals surface area contributed by atoms with Crippen molar-refractivity contribution < 1.29 is 0 Å². The SMILES string of the molecule is Cc1cc(C(Cl)C2CCC(C(C)(C)C)CC2)c(C)s1. The van der Waals surface area contributed by atoms with E-state index in [0.717, 1.165) is 5.92 Å². The second-order valence-electron chi connectivity index (χ2n) is 7.25. The van der Waals surface area contributed by atoms with Crippen LogP contribution >= 0.6 is 22.9 Å². The largest absolute Gasteiger partial charge is 0.146 e.